The molecular formula is C25H28N6O9. The molecule has 1 unspecified atom stereocenters. The second-order valence-corrected chi connectivity index (χ2v) is 9.14. The molecule has 40 heavy (non-hydrogen) atoms. The molecule has 2 aromatic heterocycles. The lowest BCUT2D eigenvalue weighted by Gasteiger charge is -2.22. The number of nitrogens with two attached hydrogens (primary N) is 2. The molecule has 1 aromatic carbocycles. The minimum absolute atomic E-state index is 0.00557. The predicted octanol–water partition coefficient (Wildman–Crippen LogP) is -0.346. The molecule has 0 saturated heterocycles. The van der Waals surface area contributed by atoms with Crippen LogP contribution < -0.4 is 22.3 Å². The number of benzene rings is 1. The van der Waals surface area contributed by atoms with Gasteiger partial charge in [-0.3, -0.25) is 33.8 Å². The van der Waals surface area contributed by atoms with Crippen LogP contribution in [0.1, 0.15) is 40.9 Å². The van der Waals surface area contributed by atoms with Crippen LogP contribution in [0, 0.1) is 5.92 Å². The van der Waals surface area contributed by atoms with Crippen LogP contribution in [0.2, 0.25) is 0 Å². The van der Waals surface area contributed by atoms with Crippen molar-refractivity contribution in [1.29, 1.82) is 0 Å². The Bertz CT molecular complexity index is 1490. The van der Waals surface area contributed by atoms with Crippen molar-refractivity contribution in [3.05, 3.63) is 57.5 Å². The van der Waals surface area contributed by atoms with E-state index in [9.17, 15) is 33.9 Å². The number of amides is 1. The summed E-state index contributed by atoms with van der Waals surface area (Å²) in [6, 6.07) is 4.82. The average molecular weight is 557 g/mol. The summed E-state index contributed by atoms with van der Waals surface area (Å²) in [7, 11) is 0. The number of Topliss-reactive ketones (excluding diaryl/α,β-unsaturated/α-hetero) is 1. The fourth-order valence-electron chi connectivity index (χ4n) is 4.06. The molecule has 15 heteroatoms. The first-order chi connectivity index (χ1) is 18.8. The Morgan fingerprint density at radius 1 is 0.975 bits per heavy atom. The number of ketones is 1. The molecule has 1 amide bonds. The molecule has 0 fully saturated rings. The molecule has 3 aromatic rings. The topological polar surface area (TPSA) is 272 Å². The third kappa shape index (κ3) is 7.50. The Kier molecular flexibility index (Phi) is 9.34. The molecule has 0 aliphatic heterocycles. The molecule has 2 heterocycles. The number of nitrogens with one attached hydrogen (secondary N) is 3. The maximum absolute atomic E-state index is 12.9. The van der Waals surface area contributed by atoms with Gasteiger partial charge in [0.05, 0.1) is 11.4 Å². The Hall–Kier alpha value is -5.05. The van der Waals surface area contributed by atoms with Crippen molar-refractivity contribution in [3.8, 4) is 0 Å². The number of aromatic amines is 2. The largest absolute Gasteiger partial charge is 0.481 e. The van der Waals surface area contributed by atoms with Gasteiger partial charge in [-0.15, -0.1) is 0 Å². The smallest absolute Gasteiger partial charge is 0.320 e. The monoisotopic (exact) mass is 556 g/mol. The number of H-pyrrole nitrogens is 2. The van der Waals surface area contributed by atoms with E-state index in [4.69, 9.17) is 21.7 Å². The SMILES string of the molecule is Nc1nc2[nH]c(CCc3ccc(C(=O)N[C@@H](CCC(=O)O)C(=O)C(C[C@H](N)C(=O)O)C(=O)O)cc3)cc2c(=O)[nH]1. The molecule has 3 rings (SSSR count). The summed E-state index contributed by atoms with van der Waals surface area (Å²) in [4.78, 5) is 81.0. The third-order valence-electron chi connectivity index (χ3n) is 6.21. The van der Waals surface area contributed by atoms with Crippen molar-refractivity contribution in [2.24, 2.45) is 11.7 Å². The third-order valence-corrected chi connectivity index (χ3v) is 6.21. The number of aryl methyl sites for hydroxylation is 2. The van der Waals surface area contributed by atoms with Crippen LogP contribution >= 0.6 is 0 Å². The molecule has 10 N–H and O–H groups in total. The Labute approximate surface area is 225 Å². The number of nitrogen functional groups attached to an aromatic ring is 1. The fraction of sp³-hybridized carbons (Fsp3) is 0.320. The van der Waals surface area contributed by atoms with Crippen LogP contribution in [0.5, 0.6) is 0 Å². The first kappa shape index (κ1) is 29.5. The number of hydrogen-bond donors (Lipinski definition) is 8. The Morgan fingerprint density at radius 3 is 2.25 bits per heavy atom. The van der Waals surface area contributed by atoms with E-state index in [0.29, 0.717) is 23.9 Å². The number of fused-ring (bicyclic) bond motifs is 1. The lowest BCUT2D eigenvalue weighted by atomic mass is 9.89. The molecule has 212 valence electrons. The van der Waals surface area contributed by atoms with Crippen molar-refractivity contribution in [2.45, 2.75) is 44.2 Å². The van der Waals surface area contributed by atoms with E-state index in [1.165, 1.54) is 12.1 Å². The summed E-state index contributed by atoms with van der Waals surface area (Å²) in [5.74, 6) is -8.09. The lowest BCUT2D eigenvalue weighted by molar-refractivity contribution is -0.148. The van der Waals surface area contributed by atoms with Crippen LogP contribution in [0.3, 0.4) is 0 Å². The molecular weight excluding hydrogens is 528 g/mol. The van der Waals surface area contributed by atoms with E-state index < -0.39 is 66.9 Å². The van der Waals surface area contributed by atoms with E-state index in [1.807, 2.05) is 0 Å². The zero-order chi connectivity index (χ0) is 29.6. The van der Waals surface area contributed by atoms with Gasteiger partial charge in [-0.25, -0.2) is 0 Å². The van der Waals surface area contributed by atoms with Crippen LogP contribution in [-0.2, 0) is 32.0 Å². The number of anilines is 1. The number of rotatable bonds is 14. The number of carbonyl (C=O) groups is 5. The van der Waals surface area contributed by atoms with Crippen molar-refractivity contribution in [1.82, 2.24) is 20.3 Å². The van der Waals surface area contributed by atoms with Gasteiger partial charge in [0.2, 0.25) is 5.95 Å². The number of nitrogens with zero attached hydrogens (tertiary/aromatic N) is 1. The number of aromatic nitrogens is 3. The number of carbonyl (C=O) groups excluding carboxylic acids is 2. The van der Waals surface area contributed by atoms with Gasteiger partial charge in [0.25, 0.3) is 11.5 Å². The number of aliphatic carboxylic acids is 3. The summed E-state index contributed by atoms with van der Waals surface area (Å²) >= 11 is 0. The molecule has 3 atom stereocenters. The van der Waals surface area contributed by atoms with Gasteiger partial charge in [0.1, 0.15) is 17.6 Å². The highest BCUT2D eigenvalue weighted by molar-refractivity contribution is 6.04. The number of hydrogen-bond acceptors (Lipinski definition) is 9. The van der Waals surface area contributed by atoms with E-state index in [-0.39, 0.29) is 17.1 Å². The standard InChI is InChI=1S/C25H28N6O9/c26-16(24(39)40)10-14(23(37)38)19(34)17(7-8-18(32)33)29-21(35)12-4-1-11(2-5-12)3-6-13-9-15-20(28-13)30-25(27)31-22(15)36/h1-2,4-5,9,14,16-17H,3,6-8,10,26H2,(H,29,35)(H,32,33)(H,37,38)(H,39,40)(H4,27,28,30,31,36)/t14?,16-,17-/m0/s1. The second-order valence-electron chi connectivity index (χ2n) is 9.14. The first-order valence-corrected chi connectivity index (χ1v) is 12.1. The van der Waals surface area contributed by atoms with E-state index in [0.717, 1.165) is 11.3 Å². The van der Waals surface area contributed by atoms with Gasteiger partial charge < -0.3 is 37.1 Å². The van der Waals surface area contributed by atoms with Crippen molar-refractivity contribution in [3.63, 3.8) is 0 Å². The van der Waals surface area contributed by atoms with Crippen molar-refractivity contribution >= 4 is 46.6 Å². The number of carboxylic acids is 3. The van der Waals surface area contributed by atoms with Gasteiger partial charge in [-0.2, -0.15) is 4.98 Å². The van der Waals surface area contributed by atoms with E-state index in [2.05, 4.69) is 20.3 Å². The number of carboxylic acid groups (broad SMARTS) is 3. The molecule has 0 spiro atoms. The summed E-state index contributed by atoms with van der Waals surface area (Å²) in [6.45, 7) is 0. The summed E-state index contributed by atoms with van der Waals surface area (Å²) in [6.07, 6.45) is -0.632. The van der Waals surface area contributed by atoms with Gasteiger partial charge in [0.15, 0.2) is 5.78 Å². The highest BCUT2D eigenvalue weighted by Gasteiger charge is 2.36. The molecule has 0 bridgehead atoms. The van der Waals surface area contributed by atoms with Crippen LogP contribution in [0.25, 0.3) is 11.0 Å². The quantitative estimate of drug-likeness (QED) is 0.118. The van der Waals surface area contributed by atoms with Crippen LogP contribution in [0.15, 0.2) is 35.1 Å². The summed E-state index contributed by atoms with van der Waals surface area (Å²) in [5, 5.41) is 30.2. The lowest BCUT2D eigenvalue weighted by Crippen LogP contribution is -2.47. The molecule has 0 aliphatic carbocycles. The maximum Gasteiger partial charge on any atom is 0.320 e. The summed E-state index contributed by atoms with van der Waals surface area (Å²) < 4.78 is 0. The average Bonchev–Trinajstić information content (AvgIpc) is 3.31. The van der Waals surface area contributed by atoms with Crippen LogP contribution in [0.4, 0.5) is 5.95 Å². The Balaban J connectivity index is 1.69. The predicted molar refractivity (Wildman–Crippen MR) is 139 cm³/mol. The highest BCUT2D eigenvalue weighted by atomic mass is 16.4. The van der Waals surface area contributed by atoms with Crippen molar-refractivity contribution < 1.29 is 39.3 Å². The van der Waals surface area contributed by atoms with E-state index in [1.54, 1.807) is 18.2 Å². The van der Waals surface area contributed by atoms with Crippen LogP contribution in [-0.4, -0.2) is 72.0 Å². The normalized spacial score (nSPS) is 13.3. The molecule has 0 radical (unpaired) electrons. The summed E-state index contributed by atoms with van der Waals surface area (Å²) in [5.41, 5.74) is 12.7. The zero-order valence-electron chi connectivity index (χ0n) is 21.0. The minimum atomic E-state index is -1.86. The zero-order valence-corrected chi connectivity index (χ0v) is 21.0. The fourth-order valence-corrected chi connectivity index (χ4v) is 4.06. The van der Waals surface area contributed by atoms with Crippen molar-refractivity contribution in [2.75, 3.05) is 5.73 Å². The second kappa shape index (κ2) is 12.7. The maximum atomic E-state index is 12.9. The first-order valence-electron chi connectivity index (χ1n) is 12.1. The van der Waals surface area contributed by atoms with E-state index >= 15 is 0 Å². The molecule has 15 nitrogen and oxygen atoms in total. The van der Waals surface area contributed by atoms with Gasteiger partial charge >= 0.3 is 17.9 Å². The van der Waals surface area contributed by atoms with Gasteiger partial charge in [-0.05, 0) is 49.4 Å². The highest BCUT2D eigenvalue weighted by Crippen LogP contribution is 2.16. The van der Waals surface area contributed by atoms with Gasteiger partial charge in [0, 0.05) is 17.7 Å². The molecule has 0 aliphatic rings. The van der Waals surface area contributed by atoms with Gasteiger partial charge in [-0.1, -0.05) is 12.1 Å². The minimum Gasteiger partial charge on any atom is -0.481 e. The molecule has 0 saturated carbocycles. The Morgan fingerprint density at radius 2 is 1.65 bits per heavy atom.